The Morgan fingerprint density at radius 3 is 2.07 bits per heavy atom. The van der Waals surface area contributed by atoms with Crippen molar-refractivity contribution in [2.24, 2.45) is 11.3 Å². The molecule has 0 radical (unpaired) electrons. The topological polar surface area (TPSA) is 23.6 Å². The molecule has 0 aromatic rings. The summed E-state index contributed by atoms with van der Waals surface area (Å²) >= 11 is 0. The van der Waals surface area contributed by atoms with E-state index in [0.717, 1.165) is 39.0 Å². The van der Waals surface area contributed by atoms with E-state index in [1.165, 1.54) is 0 Å². The van der Waals surface area contributed by atoms with E-state index in [0.29, 0.717) is 11.8 Å². The van der Waals surface area contributed by atoms with Crippen LogP contribution in [0.15, 0.2) is 0 Å². The summed E-state index contributed by atoms with van der Waals surface area (Å²) in [6.45, 7) is 8.26. The van der Waals surface area contributed by atoms with Gasteiger partial charge in [0.1, 0.15) is 0 Å². The van der Waals surface area contributed by atoms with Crippen LogP contribution < -0.4 is 0 Å². The SMILES string of the molecule is CC(C)C1(C(=O)N2CCN(C)CC2)CC1. The van der Waals surface area contributed by atoms with Crippen molar-refractivity contribution >= 4 is 5.91 Å². The molecule has 0 unspecified atom stereocenters. The van der Waals surface area contributed by atoms with Gasteiger partial charge >= 0.3 is 0 Å². The van der Waals surface area contributed by atoms with Crippen LogP contribution in [-0.4, -0.2) is 48.9 Å². The van der Waals surface area contributed by atoms with Crippen LogP contribution in [0.3, 0.4) is 0 Å². The van der Waals surface area contributed by atoms with Gasteiger partial charge < -0.3 is 9.80 Å². The van der Waals surface area contributed by atoms with Gasteiger partial charge in [-0.2, -0.15) is 0 Å². The summed E-state index contributed by atoms with van der Waals surface area (Å²) in [5, 5.41) is 0. The maximum absolute atomic E-state index is 12.3. The van der Waals surface area contributed by atoms with Crippen LogP contribution in [0, 0.1) is 11.3 Å². The lowest BCUT2D eigenvalue weighted by Gasteiger charge is -2.35. The van der Waals surface area contributed by atoms with E-state index in [1.54, 1.807) is 0 Å². The Labute approximate surface area is 92.4 Å². The van der Waals surface area contributed by atoms with Gasteiger partial charge in [-0.05, 0) is 25.8 Å². The molecule has 1 saturated heterocycles. The Bertz CT molecular complexity index is 250. The highest BCUT2D eigenvalue weighted by molar-refractivity contribution is 5.85. The summed E-state index contributed by atoms with van der Waals surface area (Å²) < 4.78 is 0. The highest BCUT2D eigenvalue weighted by Crippen LogP contribution is 2.53. The number of hydrogen-bond donors (Lipinski definition) is 0. The van der Waals surface area contributed by atoms with Crippen LogP contribution in [0.5, 0.6) is 0 Å². The van der Waals surface area contributed by atoms with Gasteiger partial charge in [0, 0.05) is 26.2 Å². The molecule has 3 heteroatoms. The van der Waals surface area contributed by atoms with Crippen LogP contribution in [-0.2, 0) is 4.79 Å². The molecule has 2 fully saturated rings. The number of rotatable bonds is 2. The van der Waals surface area contributed by atoms with Gasteiger partial charge in [0.2, 0.25) is 5.91 Å². The lowest BCUT2D eigenvalue weighted by atomic mass is 9.90. The van der Waals surface area contributed by atoms with Gasteiger partial charge in [0.25, 0.3) is 0 Å². The standard InChI is InChI=1S/C12H22N2O/c1-10(2)12(4-5-12)11(15)14-8-6-13(3)7-9-14/h10H,4-9H2,1-3H3. The van der Waals surface area contributed by atoms with Gasteiger partial charge in [-0.25, -0.2) is 0 Å². The lowest BCUT2D eigenvalue weighted by molar-refractivity contribution is -0.140. The quantitative estimate of drug-likeness (QED) is 0.683. The number of carbonyl (C=O) groups excluding carboxylic acids is 1. The normalized spacial score (nSPS) is 25.7. The molecule has 0 N–H and O–H groups in total. The summed E-state index contributed by atoms with van der Waals surface area (Å²) in [7, 11) is 2.12. The molecule has 1 aliphatic heterocycles. The first-order valence-electron chi connectivity index (χ1n) is 6.04. The fourth-order valence-corrected chi connectivity index (χ4v) is 2.50. The van der Waals surface area contributed by atoms with E-state index >= 15 is 0 Å². The van der Waals surface area contributed by atoms with E-state index in [1.807, 2.05) is 0 Å². The first kappa shape index (κ1) is 10.9. The minimum absolute atomic E-state index is 0.0237. The highest BCUT2D eigenvalue weighted by Gasteiger charge is 2.53. The molecule has 0 aromatic carbocycles. The largest absolute Gasteiger partial charge is 0.340 e. The first-order chi connectivity index (χ1) is 7.06. The molecule has 3 nitrogen and oxygen atoms in total. The predicted molar refractivity (Wildman–Crippen MR) is 60.6 cm³/mol. The fourth-order valence-electron chi connectivity index (χ4n) is 2.50. The Hall–Kier alpha value is -0.570. The average molecular weight is 210 g/mol. The number of hydrogen-bond acceptors (Lipinski definition) is 2. The van der Waals surface area contributed by atoms with Crippen LogP contribution in [0.4, 0.5) is 0 Å². The van der Waals surface area contributed by atoms with Gasteiger partial charge in [-0.15, -0.1) is 0 Å². The Kier molecular flexibility index (Phi) is 2.75. The van der Waals surface area contributed by atoms with Crippen LogP contribution in [0.1, 0.15) is 26.7 Å². The molecule has 1 saturated carbocycles. The third-order valence-electron chi connectivity index (χ3n) is 4.11. The summed E-state index contributed by atoms with van der Waals surface area (Å²) in [5.74, 6) is 0.926. The molecule has 0 aromatic heterocycles. The summed E-state index contributed by atoms with van der Waals surface area (Å²) in [5.41, 5.74) is 0.0237. The van der Waals surface area contributed by atoms with Crippen molar-refractivity contribution < 1.29 is 4.79 Å². The molecule has 86 valence electrons. The summed E-state index contributed by atoms with van der Waals surface area (Å²) in [6.07, 6.45) is 2.21. The zero-order valence-corrected chi connectivity index (χ0v) is 10.1. The maximum atomic E-state index is 12.3. The van der Waals surface area contributed by atoms with Crippen LogP contribution in [0.2, 0.25) is 0 Å². The Balaban J connectivity index is 1.97. The smallest absolute Gasteiger partial charge is 0.229 e. The maximum Gasteiger partial charge on any atom is 0.229 e. The third kappa shape index (κ3) is 1.89. The number of carbonyl (C=O) groups is 1. The number of nitrogens with zero attached hydrogens (tertiary/aromatic N) is 2. The summed E-state index contributed by atoms with van der Waals surface area (Å²) in [4.78, 5) is 16.7. The molecular weight excluding hydrogens is 188 g/mol. The number of amides is 1. The van der Waals surface area contributed by atoms with Gasteiger partial charge in [-0.1, -0.05) is 13.8 Å². The summed E-state index contributed by atoms with van der Waals surface area (Å²) in [6, 6.07) is 0. The lowest BCUT2D eigenvalue weighted by Crippen LogP contribution is -2.50. The second kappa shape index (κ2) is 3.78. The van der Waals surface area contributed by atoms with E-state index in [-0.39, 0.29) is 5.41 Å². The van der Waals surface area contributed by atoms with E-state index in [4.69, 9.17) is 0 Å². The second-order valence-electron chi connectivity index (χ2n) is 5.41. The molecular formula is C12H22N2O. The van der Waals surface area contributed by atoms with Crippen molar-refractivity contribution in [2.45, 2.75) is 26.7 Å². The number of piperazine rings is 1. The van der Waals surface area contributed by atoms with Crippen molar-refractivity contribution in [3.8, 4) is 0 Å². The van der Waals surface area contributed by atoms with E-state index < -0.39 is 0 Å². The van der Waals surface area contributed by atoms with Crippen molar-refractivity contribution in [3.63, 3.8) is 0 Å². The average Bonchev–Trinajstić information content (AvgIpc) is 2.98. The van der Waals surface area contributed by atoms with E-state index in [9.17, 15) is 4.79 Å². The van der Waals surface area contributed by atoms with Crippen molar-refractivity contribution in [1.29, 1.82) is 0 Å². The van der Waals surface area contributed by atoms with Crippen LogP contribution >= 0.6 is 0 Å². The zero-order chi connectivity index (χ0) is 11.1. The fraction of sp³-hybridized carbons (Fsp3) is 0.917. The molecule has 0 spiro atoms. The van der Waals surface area contributed by atoms with Gasteiger partial charge in [0.05, 0.1) is 5.41 Å². The molecule has 1 heterocycles. The molecule has 0 bridgehead atoms. The number of likely N-dealkylation sites (N-methyl/N-ethyl adjacent to an activating group) is 1. The highest BCUT2D eigenvalue weighted by atomic mass is 16.2. The second-order valence-corrected chi connectivity index (χ2v) is 5.41. The van der Waals surface area contributed by atoms with E-state index in [2.05, 4.69) is 30.7 Å². The Morgan fingerprint density at radius 1 is 1.13 bits per heavy atom. The molecule has 15 heavy (non-hydrogen) atoms. The van der Waals surface area contributed by atoms with Crippen molar-refractivity contribution in [1.82, 2.24) is 9.80 Å². The third-order valence-corrected chi connectivity index (χ3v) is 4.11. The molecule has 2 rings (SSSR count). The zero-order valence-electron chi connectivity index (χ0n) is 10.1. The van der Waals surface area contributed by atoms with Crippen molar-refractivity contribution in [2.75, 3.05) is 33.2 Å². The monoisotopic (exact) mass is 210 g/mol. The predicted octanol–water partition coefficient (Wildman–Crippen LogP) is 1.20. The Morgan fingerprint density at radius 2 is 1.67 bits per heavy atom. The molecule has 1 aliphatic carbocycles. The first-order valence-corrected chi connectivity index (χ1v) is 6.04. The minimum Gasteiger partial charge on any atom is -0.340 e. The molecule has 0 atom stereocenters. The van der Waals surface area contributed by atoms with Crippen LogP contribution in [0.25, 0.3) is 0 Å². The molecule has 1 amide bonds. The molecule has 2 aliphatic rings. The van der Waals surface area contributed by atoms with Gasteiger partial charge in [0.15, 0.2) is 0 Å². The minimum atomic E-state index is 0.0237. The van der Waals surface area contributed by atoms with Crippen molar-refractivity contribution in [3.05, 3.63) is 0 Å². The van der Waals surface area contributed by atoms with Gasteiger partial charge in [-0.3, -0.25) is 4.79 Å².